The predicted octanol–water partition coefficient (Wildman–Crippen LogP) is 1.11. The van der Waals surface area contributed by atoms with Crippen molar-refractivity contribution in [3.05, 3.63) is 17.0 Å². The standard InChI is InChI=1S/C12H20N2O3/c1-8-10(9(2)17-14-8)5-6-11(16)13-12(3,4)7-15/h15H,5-7H2,1-4H3,(H,13,16). The lowest BCUT2D eigenvalue weighted by molar-refractivity contribution is -0.123. The Morgan fingerprint density at radius 2 is 2.12 bits per heavy atom. The zero-order valence-corrected chi connectivity index (χ0v) is 10.8. The molecule has 0 spiro atoms. The first-order valence-electron chi connectivity index (χ1n) is 5.69. The van der Waals surface area contributed by atoms with Crippen LogP contribution in [0.15, 0.2) is 4.52 Å². The number of aliphatic hydroxyl groups excluding tert-OH is 1. The molecule has 0 bridgehead atoms. The van der Waals surface area contributed by atoms with E-state index in [9.17, 15) is 4.79 Å². The van der Waals surface area contributed by atoms with Crippen LogP contribution < -0.4 is 5.32 Å². The van der Waals surface area contributed by atoms with Gasteiger partial charge in [0, 0.05) is 12.0 Å². The Labute approximate surface area is 101 Å². The van der Waals surface area contributed by atoms with Gasteiger partial charge in [0.25, 0.3) is 0 Å². The lowest BCUT2D eigenvalue weighted by atomic mass is 10.1. The summed E-state index contributed by atoms with van der Waals surface area (Å²) in [4.78, 5) is 11.7. The number of rotatable bonds is 5. The lowest BCUT2D eigenvalue weighted by Crippen LogP contribution is -2.46. The molecule has 5 nitrogen and oxygen atoms in total. The van der Waals surface area contributed by atoms with Gasteiger partial charge in [-0.2, -0.15) is 0 Å². The summed E-state index contributed by atoms with van der Waals surface area (Å²) in [5.41, 5.74) is 1.24. The summed E-state index contributed by atoms with van der Waals surface area (Å²) < 4.78 is 5.03. The molecule has 0 saturated carbocycles. The summed E-state index contributed by atoms with van der Waals surface area (Å²) in [5.74, 6) is 0.681. The van der Waals surface area contributed by atoms with E-state index in [0.29, 0.717) is 12.8 Å². The molecule has 5 heteroatoms. The molecule has 1 aromatic heterocycles. The topological polar surface area (TPSA) is 75.4 Å². The van der Waals surface area contributed by atoms with Gasteiger partial charge in [0.2, 0.25) is 5.91 Å². The molecular formula is C12H20N2O3. The first-order valence-corrected chi connectivity index (χ1v) is 5.69. The molecule has 2 N–H and O–H groups in total. The number of aliphatic hydroxyl groups is 1. The Balaban J connectivity index is 2.49. The maximum absolute atomic E-state index is 11.7. The molecule has 1 amide bonds. The Kier molecular flexibility index (Phi) is 4.28. The fraction of sp³-hybridized carbons (Fsp3) is 0.667. The average molecular weight is 240 g/mol. The van der Waals surface area contributed by atoms with Crippen molar-refractivity contribution in [1.29, 1.82) is 0 Å². The molecule has 0 aliphatic carbocycles. The highest BCUT2D eigenvalue weighted by Gasteiger charge is 2.19. The summed E-state index contributed by atoms with van der Waals surface area (Å²) in [6.07, 6.45) is 0.973. The molecule has 0 fully saturated rings. The normalized spacial score (nSPS) is 11.6. The lowest BCUT2D eigenvalue weighted by Gasteiger charge is -2.23. The number of carbonyl (C=O) groups is 1. The van der Waals surface area contributed by atoms with Crippen LogP contribution in [0.4, 0.5) is 0 Å². The molecule has 1 heterocycles. The van der Waals surface area contributed by atoms with Crippen molar-refractivity contribution < 1.29 is 14.4 Å². The molecule has 0 radical (unpaired) electrons. The van der Waals surface area contributed by atoms with E-state index in [1.807, 2.05) is 13.8 Å². The monoisotopic (exact) mass is 240 g/mol. The molecule has 0 aromatic carbocycles. The van der Waals surface area contributed by atoms with Crippen LogP contribution in [0, 0.1) is 13.8 Å². The van der Waals surface area contributed by atoms with Crippen LogP contribution in [0.3, 0.4) is 0 Å². The number of aromatic nitrogens is 1. The third kappa shape index (κ3) is 3.85. The molecule has 17 heavy (non-hydrogen) atoms. The zero-order chi connectivity index (χ0) is 13.1. The Bertz CT molecular complexity index is 377. The molecule has 0 aliphatic heterocycles. The van der Waals surface area contributed by atoms with Crippen LogP contribution in [-0.4, -0.2) is 28.3 Å². The van der Waals surface area contributed by atoms with Gasteiger partial charge < -0.3 is 14.9 Å². The van der Waals surface area contributed by atoms with E-state index in [1.54, 1.807) is 13.8 Å². The van der Waals surface area contributed by atoms with E-state index in [1.165, 1.54) is 0 Å². The SMILES string of the molecule is Cc1noc(C)c1CCC(=O)NC(C)(C)CO. The maximum Gasteiger partial charge on any atom is 0.220 e. The van der Waals surface area contributed by atoms with Crippen LogP contribution in [0.5, 0.6) is 0 Å². The second-order valence-electron chi connectivity index (χ2n) is 4.89. The fourth-order valence-corrected chi connectivity index (χ4v) is 1.58. The summed E-state index contributed by atoms with van der Waals surface area (Å²) in [6, 6.07) is 0. The quantitative estimate of drug-likeness (QED) is 0.808. The van der Waals surface area contributed by atoms with E-state index in [0.717, 1.165) is 17.0 Å². The third-order valence-corrected chi connectivity index (χ3v) is 2.66. The van der Waals surface area contributed by atoms with E-state index < -0.39 is 5.54 Å². The summed E-state index contributed by atoms with van der Waals surface area (Å²) in [6.45, 7) is 7.18. The van der Waals surface area contributed by atoms with Crippen molar-refractivity contribution in [1.82, 2.24) is 10.5 Å². The molecule has 0 saturated heterocycles. The molecule has 96 valence electrons. The van der Waals surface area contributed by atoms with Crippen molar-refractivity contribution in [3.63, 3.8) is 0 Å². The van der Waals surface area contributed by atoms with Gasteiger partial charge in [-0.05, 0) is 34.1 Å². The van der Waals surface area contributed by atoms with Gasteiger partial charge in [-0.1, -0.05) is 5.16 Å². The fourth-order valence-electron chi connectivity index (χ4n) is 1.58. The third-order valence-electron chi connectivity index (χ3n) is 2.66. The van der Waals surface area contributed by atoms with Crippen LogP contribution in [0.1, 0.15) is 37.3 Å². The van der Waals surface area contributed by atoms with E-state index in [4.69, 9.17) is 9.63 Å². The number of nitrogens with zero attached hydrogens (tertiary/aromatic N) is 1. The van der Waals surface area contributed by atoms with Crippen molar-refractivity contribution in [3.8, 4) is 0 Å². The van der Waals surface area contributed by atoms with Crippen LogP contribution in [0.25, 0.3) is 0 Å². The number of carbonyl (C=O) groups excluding carboxylic acids is 1. The number of hydrogen-bond acceptors (Lipinski definition) is 4. The van der Waals surface area contributed by atoms with Crippen molar-refractivity contribution in [2.45, 2.75) is 46.1 Å². The van der Waals surface area contributed by atoms with Crippen molar-refractivity contribution in [2.24, 2.45) is 0 Å². The molecule has 0 aliphatic rings. The summed E-state index contributed by atoms with van der Waals surface area (Å²) in [5, 5.41) is 15.6. The number of amides is 1. The second-order valence-corrected chi connectivity index (χ2v) is 4.89. The number of hydrogen-bond donors (Lipinski definition) is 2. The number of aryl methyl sites for hydroxylation is 2. The highest BCUT2D eigenvalue weighted by Crippen LogP contribution is 2.14. The van der Waals surface area contributed by atoms with Gasteiger partial charge in [0.05, 0.1) is 17.8 Å². The Morgan fingerprint density at radius 3 is 2.59 bits per heavy atom. The highest BCUT2D eigenvalue weighted by molar-refractivity contribution is 5.77. The van der Waals surface area contributed by atoms with Gasteiger partial charge >= 0.3 is 0 Å². The number of nitrogens with one attached hydrogen (secondary N) is 1. The Morgan fingerprint density at radius 1 is 1.47 bits per heavy atom. The predicted molar refractivity (Wildman–Crippen MR) is 63.6 cm³/mol. The molecule has 1 rings (SSSR count). The van der Waals surface area contributed by atoms with Crippen LogP contribution in [0.2, 0.25) is 0 Å². The molecule has 0 unspecified atom stereocenters. The van der Waals surface area contributed by atoms with Crippen LogP contribution in [-0.2, 0) is 11.2 Å². The van der Waals surface area contributed by atoms with E-state index >= 15 is 0 Å². The van der Waals surface area contributed by atoms with Gasteiger partial charge in [0.1, 0.15) is 5.76 Å². The van der Waals surface area contributed by atoms with Gasteiger partial charge in [-0.3, -0.25) is 4.79 Å². The minimum atomic E-state index is -0.574. The first kappa shape index (κ1) is 13.7. The van der Waals surface area contributed by atoms with Crippen molar-refractivity contribution >= 4 is 5.91 Å². The largest absolute Gasteiger partial charge is 0.394 e. The van der Waals surface area contributed by atoms with Crippen molar-refractivity contribution in [2.75, 3.05) is 6.61 Å². The maximum atomic E-state index is 11.7. The van der Waals surface area contributed by atoms with E-state index in [-0.39, 0.29) is 12.5 Å². The van der Waals surface area contributed by atoms with E-state index in [2.05, 4.69) is 10.5 Å². The minimum Gasteiger partial charge on any atom is -0.394 e. The van der Waals surface area contributed by atoms with Gasteiger partial charge in [-0.25, -0.2) is 0 Å². The molecule has 0 atom stereocenters. The summed E-state index contributed by atoms with van der Waals surface area (Å²) >= 11 is 0. The minimum absolute atomic E-state index is 0.0793. The summed E-state index contributed by atoms with van der Waals surface area (Å²) in [7, 11) is 0. The molecular weight excluding hydrogens is 220 g/mol. The first-order chi connectivity index (χ1) is 7.85. The zero-order valence-electron chi connectivity index (χ0n) is 10.8. The van der Waals surface area contributed by atoms with Crippen LogP contribution >= 0.6 is 0 Å². The Hall–Kier alpha value is -1.36. The second kappa shape index (κ2) is 5.31. The van der Waals surface area contributed by atoms with Gasteiger partial charge in [0.15, 0.2) is 0 Å². The smallest absolute Gasteiger partial charge is 0.220 e. The molecule has 1 aromatic rings. The van der Waals surface area contributed by atoms with Gasteiger partial charge in [-0.15, -0.1) is 0 Å². The average Bonchev–Trinajstić information content (AvgIpc) is 2.55. The highest BCUT2D eigenvalue weighted by atomic mass is 16.5.